The van der Waals surface area contributed by atoms with Gasteiger partial charge in [-0.25, -0.2) is 0 Å². The summed E-state index contributed by atoms with van der Waals surface area (Å²) < 4.78 is 0. The second-order valence-corrected chi connectivity index (χ2v) is 4.43. The molecule has 1 saturated carbocycles. The number of aliphatic hydroxyl groups is 1. The van der Waals surface area contributed by atoms with Gasteiger partial charge in [-0.1, -0.05) is 12.1 Å². The molecule has 1 fully saturated rings. The molecular weight excluding hydrogens is 190 g/mol. The average molecular weight is 207 g/mol. The maximum Gasteiger partial charge on any atom is 0.115 e. The number of aromatic hydroxyl groups is 1. The predicted molar refractivity (Wildman–Crippen MR) is 58.6 cm³/mol. The molecule has 0 unspecified atom stereocenters. The first kappa shape index (κ1) is 10.5. The molecule has 1 aliphatic carbocycles. The minimum absolute atomic E-state index is 0.164. The van der Waals surface area contributed by atoms with Crippen LogP contribution in [0, 0.1) is 5.41 Å². The van der Waals surface area contributed by atoms with Crippen LogP contribution in [0.4, 0.5) is 0 Å². The third-order valence-electron chi connectivity index (χ3n) is 3.06. The standard InChI is InChI=1S/C12H17NO2/c14-9-12(5-6-12)8-13-7-10-1-3-11(15)4-2-10/h1-4,13-15H,5-9H2. The fourth-order valence-electron chi connectivity index (χ4n) is 1.65. The Morgan fingerprint density at radius 1 is 1.20 bits per heavy atom. The lowest BCUT2D eigenvalue weighted by Crippen LogP contribution is -2.25. The Hall–Kier alpha value is -1.06. The Balaban J connectivity index is 1.76. The molecule has 2 rings (SSSR count). The van der Waals surface area contributed by atoms with Crippen molar-refractivity contribution in [2.45, 2.75) is 19.4 Å². The molecule has 3 heteroatoms. The summed E-state index contributed by atoms with van der Waals surface area (Å²) in [5.74, 6) is 0.299. The van der Waals surface area contributed by atoms with Crippen molar-refractivity contribution < 1.29 is 10.2 Å². The molecule has 0 spiro atoms. The number of nitrogens with one attached hydrogen (secondary N) is 1. The Morgan fingerprint density at radius 3 is 2.40 bits per heavy atom. The predicted octanol–water partition coefficient (Wildman–Crippen LogP) is 1.25. The largest absolute Gasteiger partial charge is 0.508 e. The quantitative estimate of drug-likeness (QED) is 0.681. The molecule has 0 radical (unpaired) electrons. The van der Waals surface area contributed by atoms with Crippen molar-refractivity contribution >= 4 is 0 Å². The third-order valence-corrected chi connectivity index (χ3v) is 3.06. The van der Waals surface area contributed by atoms with Gasteiger partial charge in [0, 0.05) is 25.1 Å². The van der Waals surface area contributed by atoms with Crippen LogP contribution in [0.15, 0.2) is 24.3 Å². The summed E-state index contributed by atoms with van der Waals surface area (Å²) in [4.78, 5) is 0. The van der Waals surface area contributed by atoms with Gasteiger partial charge < -0.3 is 15.5 Å². The second kappa shape index (κ2) is 4.21. The van der Waals surface area contributed by atoms with Crippen LogP contribution in [0.25, 0.3) is 0 Å². The molecule has 0 amide bonds. The van der Waals surface area contributed by atoms with E-state index in [1.54, 1.807) is 12.1 Å². The molecule has 0 atom stereocenters. The molecule has 0 saturated heterocycles. The maximum absolute atomic E-state index is 9.12. The summed E-state index contributed by atoms with van der Waals surface area (Å²) in [6.45, 7) is 1.96. The average Bonchev–Trinajstić information content (AvgIpc) is 3.02. The molecule has 3 N–H and O–H groups in total. The van der Waals surface area contributed by atoms with E-state index >= 15 is 0 Å². The van der Waals surface area contributed by atoms with Crippen molar-refractivity contribution in [2.24, 2.45) is 5.41 Å². The minimum atomic E-state index is 0.164. The van der Waals surface area contributed by atoms with E-state index in [-0.39, 0.29) is 12.0 Å². The van der Waals surface area contributed by atoms with E-state index in [0.717, 1.165) is 31.5 Å². The Morgan fingerprint density at radius 2 is 1.87 bits per heavy atom. The van der Waals surface area contributed by atoms with Gasteiger partial charge in [0.1, 0.15) is 5.75 Å². The number of hydrogen-bond donors (Lipinski definition) is 3. The van der Waals surface area contributed by atoms with Crippen LogP contribution in [-0.2, 0) is 6.54 Å². The van der Waals surface area contributed by atoms with Gasteiger partial charge in [-0.15, -0.1) is 0 Å². The molecule has 3 nitrogen and oxygen atoms in total. The van der Waals surface area contributed by atoms with E-state index in [1.165, 1.54) is 0 Å². The number of rotatable bonds is 5. The van der Waals surface area contributed by atoms with Crippen LogP contribution in [0.3, 0.4) is 0 Å². The summed E-state index contributed by atoms with van der Waals surface area (Å²) in [5, 5.41) is 21.6. The summed E-state index contributed by atoms with van der Waals surface area (Å²) >= 11 is 0. The van der Waals surface area contributed by atoms with Gasteiger partial charge in [-0.2, -0.15) is 0 Å². The van der Waals surface area contributed by atoms with Crippen LogP contribution in [-0.4, -0.2) is 23.4 Å². The van der Waals surface area contributed by atoms with Crippen LogP contribution in [0.1, 0.15) is 18.4 Å². The Kier molecular flexibility index (Phi) is 2.93. The maximum atomic E-state index is 9.12. The number of phenols is 1. The van der Waals surface area contributed by atoms with Crippen molar-refractivity contribution in [1.82, 2.24) is 5.32 Å². The zero-order valence-electron chi connectivity index (χ0n) is 8.74. The summed E-state index contributed by atoms with van der Waals surface area (Å²) in [6.07, 6.45) is 2.26. The third kappa shape index (κ3) is 2.70. The van der Waals surface area contributed by atoms with E-state index in [2.05, 4.69) is 5.32 Å². The lowest BCUT2D eigenvalue weighted by Gasteiger charge is -2.12. The SMILES string of the molecule is OCC1(CNCc2ccc(O)cc2)CC1. The first-order valence-corrected chi connectivity index (χ1v) is 5.34. The van der Waals surface area contributed by atoms with Crippen LogP contribution in [0.5, 0.6) is 5.75 Å². The van der Waals surface area contributed by atoms with Gasteiger partial charge in [0.05, 0.1) is 0 Å². The van der Waals surface area contributed by atoms with Crippen molar-refractivity contribution in [3.05, 3.63) is 29.8 Å². The molecule has 1 aromatic carbocycles. The topological polar surface area (TPSA) is 52.5 Å². The van der Waals surface area contributed by atoms with Crippen LogP contribution < -0.4 is 5.32 Å². The van der Waals surface area contributed by atoms with E-state index in [9.17, 15) is 0 Å². The summed E-state index contributed by atoms with van der Waals surface area (Å²) in [7, 11) is 0. The molecule has 1 aromatic rings. The summed E-state index contributed by atoms with van der Waals surface area (Å²) in [5.41, 5.74) is 1.32. The van der Waals surface area contributed by atoms with Gasteiger partial charge in [-0.05, 0) is 30.5 Å². The minimum Gasteiger partial charge on any atom is -0.508 e. The van der Waals surface area contributed by atoms with Crippen LogP contribution >= 0.6 is 0 Å². The highest BCUT2D eigenvalue weighted by molar-refractivity contribution is 5.25. The molecule has 0 aliphatic heterocycles. The normalized spacial score (nSPS) is 17.7. The zero-order chi connectivity index (χ0) is 10.7. The highest BCUT2D eigenvalue weighted by Crippen LogP contribution is 2.44. The molecule has 0 bridgehead atoms. The highest BCUT2D eigenvalue weighted by Gasteiger charge is 2.41. The number of benzene rings is 1. The first-order chi connectivity index (χ1) is 7.24. The molecule has 1 aliphatic rings. The van der Waals surface area contributed by atoms with Gasteiger partial charge >= 0.3 is 0 Å². The fourth-order valence-corrected chi connectivity index (χ4v) is 1.65. The van der Waals surface area contributed by atoms with Crippen molar-refractivity contribution in [3.63, 3.8) is 0 Å². The molecule has 0 heterocycles. The first-order valence-electron chi connectivity index (χ1n) is 5.34. The lowest BCUT2D eigenvalue weighted by atomic mass is 10.1. The second-order valence-electron chi connectivity index (χ2n) is 4.43. The fraction of sp³-hybridized carbons (Fsp3) is 0.500. The Labute approximate surface area is 89.8 Å². The van der Waals surface area contributed by atoms with Crippen molar-refractivity contribution in [2.75, 3.05) is 13.2 Å². The number of hydrogen-bond acceptors (Lipinski definition) is 3. The van der Waals surface area contributed by atoms with Gasteiger partial charge in [0.15, 0.2) is 0 Å². The zero-order valence-corrected chi connectivity index (χ0v) is 8.74. The monoisotopic (exact) mass is 207 g/mol. The van der Waals surface area contributed by atoms with E-state index in [1.807, 2.05) is 12.1 Å². The lowest BCUT2D eigenvalue weighted by molar-refractivity contribution is 0.207. The van der Waals surface area contributed by atoms with Crippen molar-refractivity contribution in [3.8, 4) is 5.75 Å². The van der Waals surface area contributed by atoms with Gasteiger partial charge in [0.25, 0.3) is 0 Å². The number of aliphatic hydroxyl groups excluding tert-OH is 1. The number of phenolic OH excluding ortho intramolecular Hbond substituents is 1. The van der Waals surface area contributed by atoms with Crippen LogP contribution in [0.2, 0.25) is 0 Å². The van der Waals surface area contributed by atoms with Gasteiger partial charge in [-0.3, -0.25) is 0 Å². The molecule has 0 aromatic heterocycles. The van der Waals surface area contributed by atoms with E-state index in [0.29, 0.717) is 5.75 Å². The molecule has 15 heavy (non-hydrogen) atoms. The van der Waals surface area contributed by atoms with Crippen molar-refractivity contribution in [1.29, 1.82) is 0 Å². The Bertz CT molecular complexity index is 317. The van der Waals surface area contributed by atoms with E-state index in [4.69, 9.17) is 10.2 Å². The highest BCUT2D eigenvalue weighted by atomic mass is 16.3. The van der Waals surface area contributed by atoms with Gasteiger partial charge in [0.2, 0.25) is 0 Å². The smallest absolute Gasteiger partial charge is 0.115 e. The molecular formula is C12H17NO2. The summed E-state index contributed by atoms with van der Waals surface area (Å²) in [6, 6.07) is 7.19. The molecule has 82 valence electrons. The van der Waals surface area contributed by atoms with E-state index < -0.39 is 0 Å².